The number of benzene rings is 1. The first kappa shape index (κ1) is 30.3. The molecule has 0 aliphatic carbocycles. The van der Waals surface area contributed by atoms with Crippen molar-refractivity contribution < 1.29 is 37.4 Å². The molecule has 212 valence electrons. The molecule has 0 saturated carbocycles. The molecule has 3 rings (SSSR count). The van der Waals surface area contributed by atoms with Gasteiger partial charge < -0.3 is 24.8 Å². The molecule has 4 N–H and O–H groups in total. The van der Waals surface area contributed by atoms with Crippen molar-refractivity contribution in [2.45, 2.75) is 50.8 Å². The number of esters is 1. The van der Waals surface area contributed by atoms with Crippen LogP contribution in [0.2, 0.25) is 0 Å². The lowest BCUT2D eigenvalue weighted by Crippen LogP contribution is -2.55. The highest BCUT2D eigenvalue weighted by Crippen LogP contribution is 2.51. The van der Waals surface area contributed by atoms with Gasteiger partial charge in [0.25, 0.3) is 5.56 Å². The smallest absolute Gasteiger partial charge is 0.380 e. The molecule has 2 heterocycles. The number of halogens is 1. The van der Waals surface area contributed by atoms with E-state index in [1.807, 2.05) is 4.98 Å². The second-order valence-corrected chi connectivity index (χ2v) is 11.3. The van der Waals surface area contributed by atoms with Crippen molar-refractivity contribution in [1.29, 1.82) is 0 Å². The molecule has 1 aliphatic rings. The van der Waals surface area contributed by atoms with E-state index in [2.05, 4.69) is 11.8 Å². The largest absolute Gasteiger partial charge is 0.463 e. The Morgan fingerprint density at radius 2 is 1.97 bits per heavy atom. The van der Waals surface area contributed by atoms with Crippen molar-refractivity contribution >= 4 is 13.6 Å². The summed E-state index contributed by atoms with van der Waals surface area (Å²) < 4.78 is 49.9. The summed E-state index contributed by atoms with van der Waals surface area (Å²) in [4.78, 5) is 38.4. The van der Waals surface area contributed by atoms with Crippen molar-refractivity contribution in [3.8, 4) is 17.6 Å². The Balaban J connectivity index is 1.88. The van der Waals surface area contributed by atoms with E-state index in [1.165, 1.54) is 6.92 Å². The molecule has 1 aromatic heterocycles. The first-order chi connectivity index (χ1) is 18.4. The van der Waals surface area contributed by atoms with Gasteiger partial charge in [0.2, 0.25) is 0 Å². The van der Waals surface area contributed by atoms with Crippen LogP contribution in [0.15, 0.2) is 52.2 Å². The van der Waals surface area contributed by atoms with Gasteiger partial charge in [-0.15, -0.1) is 0 Å². The van der Waals surface area contributed by atoms with Crippen molar-refractivity contribution in [1.82, 2.24) is 9.55 Å². The first-order valence-electron chi connectivity index (χ1n) is 12.1. The molecule has 1 unspecified atom stereocenters. The van der Waals surface area contributed by atoms with E-state index < -0.39 is 74.1 Å². The van der Waals surface area contributed by atoms with E-state index >= 15 is 0 Å². The fourth-order valence-electron chi connectivity index (χ4n) is 3.87. The van der Waals surface area contributed by atoms with Crippen LogP contribution in [-0.4, -0.2) is 63.9 Å². The number of nitrogens with two attached hydrogens (primary N) is 1. The Kier molecular flexibility index (Phi) is 9.88. The predicted molar refractivity (Wildman–Crippen MR) is 138 cm³/mol. The zero-order valence-electron chi connectivity index (χ0n) is 21.6. The molecule has 2 aromatic rings. The highest BCUT2D eigenvalue weighted by molar-refractivity contribution is 7.54. The number of aromatic nitrogens is 2. The van der Waals surface area contributed by atoms with Crippen LogP contribution in [0.1, 0.15) is 27.0 Å². The lowest BCUT2D eigenvalue weighted by molar-refractivity contribution is -0.151. The molecule has 1 aromatic carbocycles. The second-order valence-electron chi connectivity index (χ2n) is 9.24. The van der Waals surface area contributed by atoms with Gasteiger partial charge in [-0.2, -0.15) is 0 Å². The molecule has 1 saturated heterocycles. The molecule has 12 nitrogen and oxygen atoms in total. The number of rotatable bonds is 10. The third kappa shape index (κ3) is 7.44. The summed E-state index contributed by atoms with van der Waals surface area (Å²) in [6.45, 7) is 3.20. The SMILES string of the molecule is CC(C)OC(=O)[C@H](C)C[P@](=O)(OC[C@H]1O[C@@H](n2ccc(=O)[nH]c2=O)C(N)(C#CCF)[C@H]1O)Oc1ccccc1. The molecule has 1 aliphatic heterocycles. The number of ether oxygens (including phenoxy) is 2. The third-order valence-corrected chi connectivity index (χ3v) is 7.73. The molecule has 0 bridgehead atoms. The average Bonchev–Trinajstić information content (AvgIpc) is 3.11. The summed E-state index contributed by atoms with van der Waals surface area (Å²) in [5.41, 5.74) is 2.70. The van der Waals surface area contributed by atoms with Crippen LogP contribution in [0.5, 0.6) is 5.75 Å². The minimum absolute atomic E-state index is 0.206. The topological polar surface area (TPSA) is 172 Å². The van der Waals surface area contributed by atoms with Crippen LogP contribution >= 0.6 is 7.60 Å². The zero-order chi connectivity index (χ0) is 28.8. The van der Waals surface area contributed by atoms with Crippen LogP contribution in [0.4, 0.5) is 4.39 Å². The maximum absolute atomic E-state index is 13.8. The third-order valence-electron chi connectivity index (χ3n) is 5.70. The van der Waals surface area contributed by atoms with Gasteiger partial charge >= 0.3 is 19.3 Å². The highest BCUT2D eigenvalue weighted by atomic mass is 31.2. The number of carbonyl (C=O) groups excluding carboxylic acids is 1. The number of hydrogen-bond donors (Lipinski definition) is 3. The lowest BCUT2D eigenvalue weighted by atomic mass is 9.91. The summed E-state index contributed by atoms with van der Waals surface area (Å²) >= 11 is 0. The van der Waals surface area contributed by atoms with Gasteiger partial charge in [-0.3, -0.25) is 23.7 Å². The fourth-order valence-corrected chi connectivity index (χ4v) is 5.74. The number of H-pyrrole nitrogens is 1. The summed E-state index contributed by atoms with van der Waals surface area (Å²) in [5, 5.41) is 11.0. The Morgan fingerprint density at radius 3 is 2.59 bits per heavy atom. The second kappa shape index (κ2) is 12.7. The number of aliphatic hydroxyl groups excluding tert-OH is 1. The van der Waals surface area contributed by atoms with E-state index in [-0.39, 0.29) is 11.9 Å². The van der Waals surface area contributed by atoms with Crippen LogP contribution < -0.4 is 21.5 Å². The van der Waals surface area contributed by atoms with Gasteiger partial charge in [-0.25, -0.2) is 13.8 Å². The number of nitrogens with one attached hydrogen (secondary N) is 1. The van der Waals surface area contributed by atoms with Gasteiger partial charge in [0.1, 0.15) is 24.6 Å². The van der Waals surface area contributed by atoms with E-state index in [0.29, 0.717) is 0 Å². The summed E-state index contributed by atoms with van der Waals surface area (Å²) in [7, 11) is -4.09. The summed E-state index contributed by atoms with van der Waals surface area (Å²) in [6, 6.07) is 9.15. The van der Waals surface area contributed by atoms with Crippen molar-refractivity contribution in [2.24, 2.45) is 11.7 Å². The predicted octanol–water partition coefficient (Wildman–Crippen LogP) is 1.34. The van der Waals surface area contributed by atoms with Crippen LogP contribution in [-0.2, 0) is 23.4 Å². The van der Waals surface area contributed by atoms with Crippen molar-refractivity contribution in [3.63, 3.8) is 0 Å². The van der Waals surface area contributed by atoms with Crippen molar-refractivity contribution in [2.75, 3.05) is 19.4 Å². The van der Waals surface area contributed by atoms with Gasteiger partial charge in [0.15, 0.2) is 11.8 Å². The molecule has 0 spiro atoms. The Hall–Kier alpha value is -3.27. The standard InChI is InChI=1S/C25H31FN3O9P/c1-16(2)36-22(32)17(3)15-39(34,38-18-8-5-4-6-9-18)35-14-19-21(31)25(27,11-7-12-26)23(37-19)29-13-10-20(30)28-24(29)33/h4-6,8-10,13,16-17,19,21,23,31H,12,14-15,27H2,1-3H3,(H,28,30,33)/t17-,19-,21+,23-,25?,39+/m1/s1. The van der Waals surface area contributed by atoms with Gasteiger partial charge in [0, 0.05) is 12.3 Å². The molecular formula is C25H31FN3O9P. The molecular weight excluding hydrogens is 536 g/mol. The quantitative estimate of drug-likeness (QED) is 0.216. The van der Waals surface area contributed by atoms with E-state index in [4.69, 9.17) is 24.3 Å². The molecule has 6 atom stereocenters. The van der Waals surface area contributed by atoms with Crippen molar-refractivity contribution in [3.05, 3.63) is 63.4 Å². The molecule has 0 amide bonds. The first-order valence-corrected chi connectivity index (χ1v) is 13.8. The highest BCUT2D eigenvalue weighted by Gasteiger charge is 2.55. The average molecular weight is 568 g/mol. The summed E-state index contributed by atoms with van der Waals surface area (Å²) in [5.74, 6) is 3.24. The molecule has 39 heavy (non-hydrogen) atoms. The van der Waals surface area contributed by atoms with Crippen LogP contribution in [0.25, 0.3) is 0 Å². The fraction of sp³-hybridized carbons (Fsp3) is 0.480. The van der Waals surface area contributed by atoms with Gasteiger partial charge in [-0.05, 0) is 26.0 Å². The molecule has 1 fully saturated rings. The molecule has 0 radical (unpaired) electrons. The van der Waals surface area contributed by atoms with Crippen LogP contribution in [0, 0.1) is 17.8 Å². The van der Waals surface area contributed by atoms with Gasteiger partial charge in [0.05, 0.1) is 24.8 Å². The van der Waals surface area contributed by atoms with E-state index in [9.17, 15) is 28.4 Å². The maximum atomic E-state index is 13.8. The minimum Gasteiger partial charge on any atom is -0.463 e. The number of aliphatic hydroxyl groups is 1. The van der Waals surface area contributed by atoms with E-state index in [0.717, 1.165) is 16.8 Å². The minimum atomic E-state index is -4.09. The van der Waals surface area contributed by atoms with Gasteiger partial charge in [-0.1, -0.05) is 37.0 Å². The Bertz CT molecular complexity index is 1370. The lowest BCUT2D eigenvalue weighted by Gasteiger charge is -2.28. The van der Waals surface area contributed by atoms with Crippen LogP contribution in [0.3, 0.4) is 0 Å². The van der Waals surface area contributed by atoms with E-state index in [1.54, 1.807) is 44.2 Å². The Morgan fingerprint density at radius 1 is 1.28 bits per heavy atom. The summed E-state index contributed by atoms with van der Waals surface area (Å²) in [6.07, 6.45) is -4.12. The number of para-hydroxylation sites is 1. The number of hydrogen-bond acceptors (Lipinski definition) is 10. The Labute approximate surface area is 223 Å². The number of nitrogens with zero attached hydrogens (tertiary/aromatic N) is 1. The molecule has 14 heteroatoms. The number of aromatic amines is 1. The maximum Gasteiger partial charge on any atom is 0.380 e. The zero-order valence-corrected chi connectivity index (χ0v) is 22.5. The number of carbonyl (C=O) groups is 1. The normalized spacial score (nSPS) is 24.8. The number of alkyl halides is 1. The monoisotopic (exact) mass is 567 g/mol.